The summed E-state index contributed by atoms with van der Waals surface area (Å²) >= 11 is 0. The van der Waals surface area contributed by atoms with E-state index >= 15 is 0 Å². The van der Waals surface area contributed by atoms with Gasteiger partial charge in [-0.25, -0.2) is 0 Å². The molecule has 3 nitrogen and oxygen atoms in total. The van der Waals surface area contributed by atoms with Gasteiger partial charge in [-0.3, -0.25) is 4.79 Å². The molecular formula is C13H16O3. The molecule has 0 bridgehead atoms. The van der Waals surface area contributed by atoms with Crippen molar-refractivity contribution in [1.29, 1.82) is 0 Å². The summed E-state index contributed by atoms with van der Waals surface area (Å²) in [5.41, 5.74) is 0.950. The van der Waals surface area contributed by atoms with E-state index in [0.717, 1.165) is 5.56 Å². The molecular weight excluding hydrogens is 204 g/mol. The molecule has 1 saturated carbocycles. The Morgan fingerprint density at radius 3 is 2.62 bits per heavy atom. The molecule has 1 unspecified atom stereocenters. The van der Waals surface area contributed by atoms with Crippen molar-refractivity contribution < 1.29 is 14.6 Å². The summed E-state index contributed by atoms with van der Waals surface area (Å²) in [6, 6.07) is 9.57. The van der Waals surface area contributed by atoms with Crippen molar-refractivity contribution in [1.82, 2.24) is 0 Å². The molecule has 0 amide bonds. The lowest BCUT2D eigenvalue weighted by Gasteiger charge is -2.16. The van der Waals surface area contributed by atoms with Gasteiger partial charge in [-0.05, 0) is 24.3 Å². The van der Waals surface area contributed by atoms with Crippen LogP contribution in [0.15, 0.2) is 30.3 Å². The van der Waals surface area contributed by atoms with E-state index in [1.54, 1.807) is 0 Å². The van der Waals surface area contributed by atoms with Gasteiger partial charge in [0.05, 0.1) is 19.1 Å². The van der Waals surface area contributed by atoms with Crippen molar-refractivity contribution >= 4 is 5.97 Å². The molecule has 3 heteroatoms. The van der Waals surface area contributed by atoms with E-state index in [1.807, 2.05) is 30.3 Å². The number of carboxylic acids is 1. The van der Waals surface area contributed by atoms with Crippen molar-refractivity contribution in [3.05, 3.63) is 35.9 Å². The highest BCUT2D eigenvalue weighted by Crippen LogP contribution is 2.31. The SMILES string of the molecule is O=C(O)CC(OCC1CC1)c1ccccc1. The number of benzene rings is 1. The van der Waals surface area contributed by atoms with Crippen LogP contribution in [0.3, 0.4) is 0 Å². The van der Waals surface area contributed by atoms with Crippen LogP contribution in [-0.2, 0) is 9.53 Å². The highest BCUT2D eigenvalue weighted by molar-refractivity contribution is 5.67. The van der Waals surface area contributed by atoms with E-state index in [2.05, 4.69) is 0 Å². The standard InChI is InChI=1S/C13H16O3/c14-13(15)8-12(16-9-10-6-7-10)11-4-2-1-3-5-11/h1-5,10,12H,6-9H2,(H,14,15). The molecule has 2 rings (SSSR count). The van der Waals surface area contributed by atoms with Gasteiger partial charge in [0.25, 0.3) is 0 Å². The second-order valence-electron chi connectivity index (χ2n) is 4.27. The van der Waals surface area contributed by atoms with Crippen LogP contribution in [0.25, 0.3) is 0 Å². The summed E-state index contributed by atoms with van der Waals surface area (Å²) in [4.78, 5) is 10.8. The van der Waals surface area contributed by atoms with Crippen LogP contribution in [0.1, 0.15) is 30.9 Å². The second kappa shape index (κ2) is 5.12. The molecule has 0 heterocycles. The molecule has 1 N–H and O–H groups in total. The number of aliphatic carboxylic acids is 1. The Labute approximate surface area is 95.0 Å². The van der Waals surface area contributed by atoms with Crippen LogP contribution in [-0.4, -0.2) is 17.7 Å². The first-order chi connectivity index (χ1) is 7.75. The van der Waals surface area contributed by atoms with E-state index in [1.165, 1.54) is 12.8 Å². The molecule has 0 saturated heterocycles. The molecule has 0 radical (unpaired) electrons. The topological polar surface area (TPSA) is 46.5 Å². The maximum Gasteiger partial charge on any atom is 0.306 e. The summed E-state index contributed by atoms with van der Waals surface area (Å²) in [5.74, 6) is -0.162. The minimum atomic E-state index is -0.815. The molecule has 0 aromatic heterocycles. The van der Waals surface area contributed by atoms with Gasteiger partial charge in [-0.15, -0.1) is 0 Å². The summed E-state index contributed by atoms with van der Waals surface area (Å²) < 4.78 is 5.68. The van der Waals surface area contributed by atoms with Gasteiger partial charge in [0.1, 0.15) is 0 Å². The Morgan fingerprint density at radius 2 is 2.06 bits per heavy atom. The molecule has 1 aliphatic carbocycles. The van der Waals surface area contributed by atoms with Crippen LogP contribution < -0.4 is 0 Å². The first-order valence-electron chi connectivity index (χ1n) is 5.64. The Bertz CT molecular complexity index is 343. The van der Waals surface area contributed by atoms with Gasteiger partial charge in [0.15, 0.2) is 0 Å². The maximum absolute atomic E-state index is 10.8. The highest BCUT2D eigenvalue weighted by Gasteiger charge is 2.24. The fourth-order valence-electron chi connectivity index (χ4n) is 1.64. The fraction of sp³-hybridized carbons (Fsp3) is 0.462. The maximum atomic E-state index is 10.8. The van der Waals surface area contributed by atoms with Crippen LogP contribution >= 0.6 is 0 Å². The lowest BCUT2D eigenvalue weighted by atomic mass is 10.1. The van der Waals surface area contributed by atoms with E-state index in [-0.39, 0.29) is 12.5 Å². The minimum Gasteiger partial charge on any atom is -0.481 e. The third-order valence-corrected chi connectivity index (χ3v) is 2.76. The second-order valence-corrected chi connectivity index (χ2v) is 4.27. The van der Waals surface area contributed by atoms with Crippen molar-refractivity contribution in [2.45, 2.75) is 25.4 Å². The van der Waals surface area contributed by atoms with Gasteiger partial charge in [-0.1, -0.05) is 30.3 Å². The predicted molar refractivity (Wildman–Crippen MR) is 60.1 cm³/mol. The predicted octanol–water partition coefficient (Wildman–Crippen LogP) is 2.63. The van der Waals surface area contributed by atoms with Gasteiger partial charge < -0.3 is 9.84 Å². The first kappa shape index (κ1) is 11.1. The zero-order valence-corrected chi connectivity index (χ0v) is 9.13. The summed E-state index contributed by atoms with van der Waals surface area (Å²) in [6.07, 6.45) is 2.17. The number of ether oxygens (including phenoxy) is 1. The zero-order chi connectivity index (χ0) is 11.4. The Balaban J connectivity index is 1.97. The average Bonchev–Trinajstić information content (AvgIpc) is 3.09. The monoisotopic (exact) mass is 220 g/mol. The molecule has 1 aromatic carbocycles. The lowest BCUT2D eigenvalue weighted by molar-refractivity contribution is -0.140. The summed E-state index contributed by atoms with van der Waals surface area (Å²) in [6.45, 7) is 0.687. The van der Waals surface area contributed by atoms with Crippen LogP contribution in [0, 0.1) is 5.92 Å². The molecule has 1 atom stereocenters. The fourth-order valence-corrected chi connectivity index (χ4v) is 1.64. The van der Waals surface area contributed by atoms with E-state index < -0.39 is 5.97 Å². The molecule has 16 heavy (non-hydrogen) atoms. The minimum absolute atomic E-state index is 0.0384. The van der Waals surface area contributed by atoms with Gasteiger partial charge in [0.2, 0.25) is 0 Å². The highest BCUT2D eigenvalue weighted by atomic mass is 16.5. The molecule has 1 aliphatic rings. The smallest absolute Gasteiger partial charge is 0.306 e. The quantitative estimate of drug-likeness (QED) is 0.801. The number of carboxylic acid groups (broad SMARTS) is 1. The largest absolute Gasteiger partial charge is 0.481 e. The van der Waals surface area contributed by atoms with Crippen molar-refractivity contribution in [3.8, 4) is 0 Å². The Hall–Kier alpha value is -1.35. The van der Waals surface area contributed by atoms with Crippen LogP contribution in [0.5, 0.6) is 0 Å². The number of rotatable bonds is 6. The third-order valence-electron chi connectivity index (χ3n) is 2.76. The van der Waals surface area contributed by atoms with Crippen molar-refractivity contribution in [3.63, 3.8) is 0 Å². The normalized spacial score (nSPS) is 17.0. The van der Waals surface area contributed by atoms with Gasteiger partial charge >= 0.3 is 5.97 Å². The van der Waals surface area contributed by atoms with E-state index in [4.69, 9.17) is 9.84 Å². The molecule has 0 aliphatic heterocycles. The number of hydrogen-bond acceptors (Lipinski definition) is 2. The summed E-state index contributed by atoms with van der Waals surface area (Å²) in [7, 11) is 0. The lowest BCUT2D eigenvalue weighted by Crippen LogP contribution is -2.11. The molecule has 1 aromatic rings. The van der Waals surface area contributed by atoms with E-state index in [0.29, 0.717) is 12.5 Å². The third kappa shape index (κ3) is 3.35. The summed E-state index contributed by atoms with van der Waals surface area (Å²) in [5, 5.41) is 8.85. The first-order valence-corrected chi connectivity index (χ1v) is 5.64. The molecule has 1 fully saturated rings. The molecule has 86 valence electrons. The van der Waals surface area contributed by atoms with Gasteiger partial charge in [0, 0.05) is 0 Å². The number of carbonyl (C=O) groups is 1. The van der Waals surface area contributed by atoms with Crippen LogP contribution in [0.4, 0.5) is 0 Å². The average molecular weight is 220 g/mol. The van der Waals surface area contributed by atoms with Crippen LogP contribution in [0.2, 0.25) is 0 Å². The Kier molecular flexibility index (Phi) is 3.57. The van der Waals surface area contributed by atoms with Gasteiger partial charge in [-0.2, -0.15) is 0 Å². The zero-order valence-electron chi connectivity index (χ0n) is 9.13. The van der Waals surface area contributed by atoms with Crippen molar-refractivity contribution in [2.24, 2.45) is 5.92 Å². The van der Waals surface area contributed by atoms with E-state index in [9.17, 15) is 4.79 Å². The molecule has 0 spiro atoms. The Morgan fingerprint density at radius 1 is 1.38 bits per heavy atom. The van der Waals surface area contributed by atoms with Crippen molar-refractivity contribution in [2.75, 3.05) is 6.61 Å². The number of hydrogen-bond donors (Lipinski definition) is 1.